The first kappa shape index (κ1) is 12.8. The number of thioether (sulfide) groups is 1. The maximum absolute atomic E-state index is 12.1. The van der Waals surface area contributed by atoms with Gasteiger partial charge in [0, 0.05) is 11.7 Å². The molecule has 94 valence electrons. The van der Waals surface area contributed by atoms with E-state index in [2.05, 4.69) is 18.3 Å². The molecule has 0 aromatic carbocycles. The van der Waals surface area contributed by atoms with Crippen molar-refractivity contribution in [3.8, 4) is 6.07 Å². The number of nitrogens with zero attached hydrogens (tertiary/aromatic N) is 1. The molecule has 4 heteroatoms. The van der Waals surface area contributed by atoms with Gasteiger partial charge in [-0.2, -0.15) is 17.0 Å². The van der Waals surface area contributed by atoms with Crippen molar-refractivity contribution in [3.05, 3.63) is 0 Å². The van der Waals surface area contributed by atoms with Gasteiger partial charge in [-0.25, -0.2) is 0 Å². The fraction of sp³-hybridized carbons (Fsp3) is 0.846. The van der Waals surface area contributed by atoms with Gasteiger partial charge in [0.2, 0.25) is 5.91 Å². The molecule has 1 aliphatic heterocycles. The van der Waals surface area contributed by atoms with Crippen LogP contribution in [0.5, 0.6) is 0 Å². The van der Waals surface area contributed by atoms with Crippen molar-refractivity contribution in [1.82, 2.24) is 5.32 Å². The van der Waals surface area contributed by atoms with Crippen LogP contribution in [0.4, 0.5) is 0 Å². The quantitative estimate of drug-likeness (QED) is 0.820. The van der Waals surface area contributed by atoms with Gasteiger partial charge in [-0.15, -0.1) is 0 Å². The third-order valence-electron chi connectivity index (χ3n) is 4.00. The second kappa shape index (κ2) is 5.30. The lowest BCUT2D eigenvalue weighted by molar-refractivity contribution is -0.126. The van der Waals surface area contributed by atoms with E-state index in [1.165, 1.54) is 0 Å². The van der Waals surface area contributed by atoms with Gasteiger partial charge in [0.1, 0.15) is 5.54 Å². The molecule has 0 aromatic rings. The minimum atomic E-state index is -0.573. The monoisotopic (exact) mass is 252 g/mol. The first-order chi connectivity index (χ1) is 8.15. The summed E-state index contributed by atoms with van der Waals surface area (Å²) in [6.45, 7) is 2.22. The van der Waals surface area contributed by atoms with E-state index in [0.29, 0.717) is 5.92 Å². The van der Waals surface area contributed by atoms with E-state index in [4.69, 9.17) is 0 Å². The summed E-state index contributed by atoms with van der Waals surface area (Å²) in [6.07, 6.45) is 4.70. The van der Waals surface area contributed by atoms with E-state index in [1.54, 1.807) is 0 Å². The summed E-state index contributed by atoms with van der Waals surface area (Å²) in [5.41, 5.74) is -0.573. The van der Waals surface area contributed by atoms with Crippen molar-refractivity contribution in [2.24, 2.45) is 11.8 Å². The number of rotatable bonds is 2. The lowest BCUT2D eigenvalue weighted by Crippen LogP contribution is -2.51. The topological polar surface area (TPSA) is 52.9 Å². The Balaban J connectivity index is 1.95. The molecule has 1 amide bonds. The highest BCUT2D eigenvalue weighted by atomic mass is 32.2. The first-order valence-corrected chi connectivity index (χ1v) is 7.62. The van der Waals surface area contributed by atoms with Crippen LogP contribution >= 0.6 is 11.8 Å². The number of carbonyl (C=O) groups is 1. The summed E-state index contributed by atoms with van der Waals surface area (Å²) in [6, 6.07) is 2.35. The second-order valence-corrected chi connectivity index (χ2v) is 6.58. The Labute approximate surface area is 107 Å². The Morgan fingerprint density at radius 3 is 2.65 bits per heavy atom. The smallest absolute Gasteiger partial charge is 0.225 e. The number of hydrogen-bond acceptors (Lipinski definition) is 3. The minimum absolute atomic E-state index is 0.103. The minimum Gasteiger partial charge on any atom is -0.338 e. The van der Waals surface area contributed by atoms with E-state index >= 15 is 0 Å². The largest absolute Gasteiger partial charge is 0.338 e. The van der Waals surface area contributed by atoms with E-state index in [-0.39, 0.29) is 11.8 Å². The van der Waals surface area contributed by atoms with Crippen LogP contribution in [0.1, 0.15) is 39.0 Å². The van der Waals surface area contributed by atoms with E-state index in [1.807, 2.05) is 11.8 Å². The average molecular weight is 252 g/mol. The molecule has 1 saturated heterocycles. The van der Waals surface area contributed by atoms with Crippen molar-refractivity contribution in [1.29, 1.82) is 5.26 Å². The van der Waals surface area contributed by atoms with Gasteiger partial charge >= 0.3 is 0 Å². The zero-order valence-corrected chi connectivity index (χ0v) is 11.2. The zero-order chi connectivity index (χ0) is 12.3. The van der Waals surface area contributed by atoms with Gasteiger partial charge in [-0.1, -0.05) is 6.92 Å². The number of amides is 1. The first-order valence-electron chi connectivity index (χ1n) is 6.46. The molecule has 1 N–H and O–H groups in total. The van der Waals surface area contributed by atoms with E-state index < -0.39 is 5.54 Å². The van der Waals surface area contributed by atoms with Crippen LogP contribution in [0.25, 0.3) is 0 Å². The summed E-state index contributed by atoms with van der Waals surface area (Å²) < 4.78 is 0. The normalized spacial score (nSPS) is 37.4. The Hall–Kier alpha value is -0.690. The van der Waals surface area contributed by atoms with E-state index in [9.17, 15) is 10.1 Å². The van der Waals surface area contributed by atoms with Crippen molar-refractivity contribution >= 4 is 17.7 Å². The summed E-state index contributed by atoms with van der Waals surface area (Å²) in [5.74, 6) is 2.92. The van der Waals surface area contributed by atoms with Crippen LogP contribution < -0.4 is 5.32 Å². The summed E-state index contributed by atoms with van der Waals surface area (Å²) in [7, 11) is 0. The standard InChI is InChI=1S/C13H20N2OS/c1-10-2-5-13(9-14,6-3-10)15-12(16)11-4-7-17-8-11/h10-11H,2-8H2,1H3,(H,15,16). The predicted octanol–water partition coefficient (Wildman–Crippen LogP) is 2.33. The van der Waals surface area contributed by atoms with Crippen LogP contribution in [-0.2, 0) is 4.79 Å². The highest BCUT2D eigenvalue weighted by Gasteiger charge is 2.37. The van der Waals surface area contributed by atoms with Gasteiger partial charge in [0.25, 0.3) is 0 Å². The molecule has 1 unspecified atom stereocenters. The third kappa shape index (κ3) is 2.95. The molecule has 0 aromatic heterocycles. The van der Waals surface area contributed by atoms with Gasteiger partial charge in [0.05, 0.1) is 6.07 Å². The fourth-order valence-corrected chi connectivity index (χ4v) is 3.82. The Morgan fingerprint density at radius 2 is 2.12 bits per heavy atom. The van der Waals surface area contributed by atoms with Gasteiger partial charge < -0.3 is 5.32 Å². The number of nitrogens with one attached hydrogen (secondary N) is 1. The van der Waals surface area contributed by atoms with Crippen molar-refractivity contribution in [3.63, 3.8) is 0 Å². The van der Waals surface area contributed by atoms with E-state index in [0.717, 1.165) is 43.6 Å². The molecule has 0 radical (unpaired) electrons. The summed E-state index contributed by atoms with van der Waals surface area (Å²) in [5, 5.41) is 12.4. The van der Waals surface area contributed by atoms with Crippen LogP contribution in [0.3, 0.4) is 0 Å². The Kier molecular flexibility index (Phi) is 3.98. The number of carbonyl (C=O) groups excluding carboxylic acids is 1. The molecule has 2 aliphatic rings. The fourth-order valence-electron chi connectivity index (χ4n) is 2.60. The molecule has 1 atom stereocenters. The third-order valence-corrected chi connectivity index (χ3v) is 5.17. The van der Waals surface area contributed by atoms with Gasteiger partial charge in [-0.05, 0) is 43.8 Å². The highest BCUT2D eigenvalue weighted by Crippen LogP contribution is 2.32. The maximum atomic E-state index is 12.1. The molecule has 1 heterocycles. The lowest BCUT2D eigenvalue weighted by atomic mass is 9.77. The average Bonchev–Trinajstić information content (AvgIpc) is 2.86. The van der Waals surface area contributed by atoms with Gasteiger partial charge in [-0.3, -0.25) is 4.79 Å². The lowest BCUT2D eigenvalue weighted by Gasteiger charge is -2.35. The van der Waals surface area contributed by atoms with Crippen LogP contribution in [-0.4, -0.2) is 23.0 Å². The van der Waals surface area contributed by atoms with Crippen LogP contribution in [0.15, 0.2) is 0 Å². The number of hydrogen-bond donors (Lipinski definition) is 1. The molecule has 17 heavy (non-hydrogen) atoms. The Morgan fingerprint density at radius 1 is 1.41 bits per heavy atom. The Bertz CT molecular complexity index is 323. The predicted molar refractivity (Wildman–Crippen MR) is 69.6 cm³/mol. The summed E-state index contributed by atoms with van der Waals surface area (Å²) >= 11 is 1.84. The molecule has 2 rings (SSSR count). The molecule has 3 nitrogen and oxygen atoms in total. The van der Waals surface area contributed by atoms with Crippen molar-refractivity contribution in [2.75, 3.05) is 11.5 Å². The van der Waals surface area contributed by atoms with Crippen LogP contribution in [0.2, 0.25) is 0 Å². The molecule has 0 spiro atoms. The molecule has 0 bridgehead atoms. The molecular formula is C13H20N2OS. The maximum Gasteiger partial charge on any atom is 0.225 e. The highest BCUT2D eigenvalue weighted by molar-refractivity contribution is 7.99. The molecule has 1 aliphatic carbocycles. The van der Waals surface area contributed by atoms with Gasteiger partial charge in [0.15, 0.2) is 0 Å². The van der Waals surface area contributed by atoms with Crippen molar-refractivity contribution in [2.45, 2.75) is 44.6 Å². The number of nitriles is 1. The molecule has 2 fully saturated rings. The zero-order valence-electron chi connectivity index (χ0n) is 10.4. The summed E-state index contributed by atoms with van der Waals surface area (Å²) in [4.78, 5) is 12.1. The molecule has 1 saturated carbocycles. The second-order valence-electron chi connectivity index (χ2n) is 5.43. The van der Waals surface area contributed by atoms with Crippen molar-refractivity contribution < 1.29 is 4.79 Å². The molecular weight excluding hydrogens is 232 g/mol. The SMILES string of the molecule is CC1CCC(C#N)(NC(=O)C2CCSC2)CC1. The van der Waals surface area contributed by atoms with Crippen LogP contribution in [0, 0.1) is 23.2 Å².